The number of carbonyl (C=O) groups excluding carboxylic acids is 2. The van der Waals surface area contributed by atoms with Crippen molar-refractivity contribution in [1.29, 1.82) is 0 Å². The SMILES string of the molecule is CCCCNC(=O)C1(C)CCC(=O)N1Cc1ccccc1. The van der Waals surface area contributed by atoms with Gasteiger partial charge in [-0.2, -0.15) is 0 Å². The molecular formula is C17H24N2O2. The minimum absolute atomic E-state index is 0.0299. The Morgan fingerprint density at radius 2 is 2.05 bits per heavy atom. The molecule has 0 spiro atoms. The highest BCUT2D eigenvalue weighted by Crippen LogP contribution is 2.31. The molecule has 1 unspecified atom stereocenters. The summed E-state index contributed by atoms with van der Waals surface area (Å²) >= 11 is 0. The number of hydrogen-bond acceptors (Lipinski definition) is 2. The Morgan fingerprint density at radius 3 is 2.71 bits per heavy atom. The van der Waals surface area contributed by atoms with Gasteiger partial charge in [-0.1, -0.05) is 43.7 Å². The highest BCUT2D eigenvalue weighted by atomic mass is 16.2. The molecule has 1 aliphatic heterocycles. The van der Waals surface area contributed by atoms with Gasteiger partial charge in [0.1, 0.15) is 5.54 Å². The maximum absolute atomic E-state index is 12.5. The summed E-state index contributed by atoms with van der Waals surface area (Å²) in [4.78, 5) is 26.4. The van der Waals surface area contributed by atoms with Crippen LogP contribution in [0.3, 0.4) is 0 Å². The molecule has 114 valence electrons. The monoisotopic (exact) mass is 288 g/mol. The average molecular weight is 288 g/mol. The molecule has 1 saturated heterocycles. The standard InChI is InChI=1S/C17H24N2O2/c1-3-4-12-18-16(21)17(2)11-10-15(20)19(17)13-14-8-6-5-7-9-14/h5-9H,3-4,10-13H2,1-2H3,(H,18,21). The first-order valence-electron chi connectivity index (χ1n) is 7.70. The van der Waals surface area contributed by atoms with Crippen molar-refractivity contribution in [2.24, 2.45) is 0 Å². The zero-order chi connectivity index (χ0) is 15.3. The van der Waals surface area contributed by atoms with E-state index in [1.54, 1.807) is 4.90 Å². The first-order chi connectivity index (χ1) is 10.1. The van der Waals surface area contributed by atoms with Crippen LogP contribution >= 0.6 is 0 Å². The van der Waals surface area contributed by atoms with Crippen LogP contribution in [-0.2, 0) is 16.1 Å². The van der Waals surface area contributed by atoms with E-state index >= 15 is 0 Å². The number of nitrogens with zero attached hydrogens (tertiary/aromatic N) is 1. The van der Waals surface area contributed by atoms with Gasteiger partial charge >= 0.3 is 0 Å². The molecule has 0 bridgehead atoms. The first-order valence-corrected chi connectivity index (χ1v) is 7.70. The molecule has 0 radical (unpaired) electrons. The third-order valence-corrected chi connectivity index (χ3v) is 4.21. The van der Waals surface area contributed by atoms with Crippen molar-refractivity contribution in [2.75, 3.05) is 6.54 Å². The molecule has 1 N–H and O–H groups in total. The Hall–Kier alpha value is -1.84. The van der Waals surface area contributed by atoms with E-state index in [9.17, 15) is 9.59 Å². The van der Waals surface area contributed by atoms with Gasteiger partial charge in [0, 0.05) is 19.5 Å². The lowest BCUT2D eigenvalue weighted by Gasteiger charge is -2.34. The van der Waals surface area contributed by atoms with Crippen LogP contribution in [0.25, 0.3) is 0 Å². The van der Waals surface area contributed by atoms with Crippen molar-refractivity contribution in [1.82, 2.24) is 10.2 Å². The molecule has 1 aromatic rings. The molecule has 0 aromatic heterocycles. The Morgan fingerprint density at radius 1 is 1.33 bits per heavy atom. The van der Waals surface area contributed by atoms with Gasteiger partial charge in [-0.05, 0) is 25.3 Å². The maximum atomic E-state index is 12.5. The number of unbranched alkanes of at least 4 members (excludes halogenated alkanes) is 1. The minimum Gasteiger partial charge on any atom is -0.354 e. The maximum Gasteiger partial charge on any atom is 0.245 e. The lowest BCUT2D eigenvalue weighted by atomic mass is 9.97. The van der Waals surface area contributed by atoms with Gasteiger partial charge in [-0.25, -0.2) is 0 Å². The summed E-state index contributed by atoms with van der Waals surface area (Å²) in [5.74, 6) is 0.0322. The van der Waals surface area contributed by atoms with E-state index in [0.717, 1.165) is 18.4 Å². The van der Waals surface area contributed by atoms with E-state index in [0.29, 0.717) is 25.9 Å². The van der Waals surface area contributed by atoms with Gasteiger partial charge in [0.15, 0.2) is 0 Å². The molecule has 2 rings (SSSR count). The molecule has 1 fully saturated rings. The van der Waals surface area contributed by atoms with E-state index in [4.69, 9.17) is 0 Å². The van der Waals surface area contributed by atoms with E-state index in [1.165, 1.54) is 0 Å². The van der Waals surface area contributed by atoms with Crippen LogP contribution in [0.2, 0.25) is 0 Å². The van der Waals surface area contributed by atoms with Crippen LogP contribution in [-0.4, -0.2) is 28.8 Å². The third-order valence-electron chi connectivity index (χ3n) is 4.21. The van der Waals surface area contributed by atoms with Crippen molar-refractivity contribution in [2.45, 2.75) is 51.6 Å². The molecule has 0 saturated carbocycles. The highest BCUT2D eigenvalue weighted by Gasteiger charge is 2.46. The quantitative estimate of drug-likeness (QED) is 0.818. The summed E-state index contributed by atoms with van der Waals surface area (Å²) in [7, 11) is 0. The topological polar surface area (TPSA) is 49.4 Å². The van der Waals surface area contributed by atoms with Crippen molar-refractivity contribution < 1.29 is 9.59 Å². The number of likely N-dealkylation sites (tertiary alicyclic amines) is 1. The number of nitrogens with one attached hydrogen (secondary N) is 1. The number of hydrogen-bond donors (Lipinski definition) is 1. The fourth-order valence-electron chi connectivity index (χ4n) is 2.73. The van der Waals surface area contributed by atoms with Gasteiger partial charge in [-0.3, -0.25) is 9.59 Å². The van der Waals surface area contributed by atoms with E-state index in [2.05, 4.69) is 12.2 Å². The number of amides is 2. The number of benzene rings is 1. The molecule has 4 nitrogen and oxygen atoms in total. The van der Waals surface area contributed by atoms with Crippen molar-refractivity contribution >= 4 is 11.8 Å². The lowest BCUT2D eigenvalue weighted by molar-refractivity contribution is -0.141. The van der Waals surface area contributed by atoms with Gasteiger partial charge in [0.05, 0.1) is 0 Å². The van der Waals surface area contributed by atoms with E-state index in [1.807, 2.05) is 37.3 Å². The van der Waals surface area contributed by atoms with E-state index < -0.39 is 5.54 Å². The molecule has 1 aliphatic rings. The fourth-order valence-corrected chi connectivity index (χ4v) is 2.73. The Kier molecular flexibility index (Phi) is 4.99. The van der Waals surface area contributed by atoms with Gasteiger partial charge in [0.25, 0.3) is 0 Å². The second-order valence-electron chi connectivity index (χ2n) is 5.85. The molecule has 1 atom stereocenters. The van der Waals surface area contributed by atoms with E-state index in [-0.39, 0.29) is 11.8 Å². The summed E-state index contributed by atoms with van der Waals surface area (Å²) in [6, 6.07) is 9.83. The van der Waals surface area contributed by atoms with Crippen LogP contribution < -0.4 is 5.32 Å². The number of carbonyl (C=O) groups is 2. The Bertz CT molecular complexity index is 501. The highest BCUT2D eigenvalue weighted by molar-refractivity contribution is 5.94. The summed E-state index contributed by atoms with van der Waals surface area (Å²) < 4.78 is 0. The van der Waals surface area contributed by atoms with Crippen LogP contribution in [0.15, 0.2) is 30.3 Å². The summed E-state index contributed by atoms with van der Waals surface area (Å²) in [6.07, 6.45) is 3.05. The predicted octanol–water partition coefficient (Wildman–Crippen LogP) is 2.48. The second kappa shape index (κ2) is 6.74. The van der Waals surface area contributed by atoms with Crippen LogP contribution in [0, 0.1) is 0 Å². The molecule has 1 aromatic carbocycles. The second-order valence-corrected chi connectivity index (χ2v) is 5.85. The van der Waals surface area contributed by atoms with Crippen LogP contribution in [0.4, 0.5) is 0 Å². The van der Waals surface area contributed by atoms with Gasteiger partial charge in [-0.15, -0.1) is 0 Å². The predicted molar refractivity (Wildman–Crippen MR) is 82.5 cm³/mol. The summed E-state index contributed by atoms with van der Waals surface area (Å²) in [5, 5.41) is 2.97. The van der Waals surface area contributed by atoms with Crippen molar-refractivity contribution in [3.63, 3.8) is 0 Å². The molecule has 2 amide bonds. The fraction of sp³-hybridized carbons (Fsp3) is 0.529. The van der Waals surface area contributed by atoms with Crippen LogP contribution in [0.1, 0.15) is 45.1 Å². The van der Waals surface area contributed by atoms with Gasteiger partial charge in [0.2, 0.25) is 11.8 Å². The molecular weight excluding hydrogens is 264 g/mol. The largest absolute Gasteiger partial charge is 0.354 e. The minimum atomic E-state index is -0.722. The van der Waals surface area contributed by atoms with Crippen molar-refractivity contribution in [3.8, 4) is 0 Å². The Balaban J connectivity index is 2.09. The number of rotatable bonds is 6. The first kappa shape index (κ1) is 15.5. The Labute approximate surface area is 126 Å². The zero-order valence-corrected chi connectivity index (χ0v) is 12.9. The molecule has 0 aliphatic carbocycles. The molecule has 1 heterocycles. The molecule has 21 heavy (non-hydrogen) atoms. The lowest BCUT2D eigenvalue weighted by Crippen LogP contribution is -2.54. The molecule has 4 heteroatoms. The van der Waals surface area contributed by atoms with Crippen molar-refractivity contribution in [3.05, 3.63) is 35.9 Å². The third kappa shape index (κ3) is 3.43. The summed E-state index contributed by atoms with van der Waals surface area (Å²) in [5.41, 5.74) is 0.334. The van der Waals surface area contributed by atoms with Crippen LogP contribution in [0.5, 0.6) is 0 Å². The average Bonchev–Trinajstić information content (AvgIpc) is 2.78. The zero-order valence-electron chi connectivity index (χ0n) is 12.9. The normalized spacial score (nSPS) is 21.6. The summed E-state index contributed by atoms with van der Waals surface area (Å²) in [6.45, 7) is 5.15. The van der Waals surface area contributed by atoms with Gasteiger partial charge < -0.3 is 10.2 Å². The smallest absolute Gasteiger partial charge is 0.245 e.